The third-order valence-corrected chi connectivity index (χ3v) is 3.13. The first-order valence-corrected chi connectivity index (χ1v) is 7.06. The fraction of sp³-hybridized carbons (Fsp3) is 0.500. The standard InChI is InChI=1S/C14H19BrFNO2/c1-4-19-14(18)9-17(10(2)3)8-11-5-12(15)7-13(16)6-11/h5-7,10H,4,8-9H2,1-3H3. The van der Waals surface area contributed by atoms with Gasteiger partial charge >= 0.3 is 5.97 Å². The van der Waals surface area contributed by atoms with Crippen molar-refractivity contribution in [3.8, 4) is 0 Å². The van der Waals surface area contributed by atoms with E-state index >= 15 is 0 Å². The lowest BCUT2D eigenvalue weighted by molar-refractivity contribution is -0.145. The van der Waals surface area contributed by atoms with Crippen LogP contribution >= 0.6 is 15.9 Å². The van der Waals surface area contributed by atoms with Crippen LogP contribution in [0.25, 0.3) is 0 Å². The molecule has 0 radical (unpaired) electrons. The highest BCUT2D eigenvalue weighted by molar-refractivity contribution is 9.10. The highest BCUT2D eigenvalue weighted by Crippen LogP contribution is 2.17. The minimum absolute atomic E-state index is 0.173. The van der Waals surface area contributed by atoms with Gasteiger partial charge in [-0.25, -0.2) is 4.39 Å². The SMILES string of the molecule is CCOC(=O)CN(Cc1cc(F)cc(Br)c1)C(C)C. The molecule has 0 aromatic heterocycles. The molecule has 0 saturated carbocycles. The molecule has 1 aromatic rings. The molecule has 1 rings (SSSR count). The lowest BCUT2D eigenvalue weighted by atomic mass is 10.2. The van der Waals surface area contributed by atoms with E-state index in [1.165, 1.54) is 12.1 Å². The van der Waals surface area contributed by atoms with Crippen LogP contribution < -0.4 is 0 Å². The topological polar surface area (TPSA) is 29.5 Å². The number of carbonyl (C=O) groups is 1. The highest BCUT2D eigenvalue weighted by atomic mass is 79.9. The lowest BCUT2D eigenvalue weighted by Gasteiger charge is -2.25. The van der Waals surface area contributed by atoms with Crippen LogP contribution in [0.2, 0.25) is 0 Å². The zero-order chi connectivity index (χ0) is 14.4. The van der Waals surface area contributed by atoms with Crippen molar-refractivity contribution in [1.29, 1.82) is 0 Å². The molecule has 0 N–H and O–H groups in total. The largest absolute Gasteiger partial charge is 0.465 e. The first-order valence-electron chi connectivity index (χ1n) is 6.27. The van der Waals surface area contributed by atoms with Gasteiger partial charge < -0.3 is 4.74 Å². The van der Waals surface area contributed by atoms with E-state index in [1.54, 1.807) is 6.92 Å². The molecule has 5 heteroatoms. The Morgan fingerprint density at radius 2 is 2.11 bits per heavy atom. The van der Waals surface area contributed by atoms with E-state index < -0.39 is 0 Å². The van der Waals surface area contributed by atoms with Crippen LogP contribution in [-0.2, 0) is 16.1 Å². The number of hydrogen-bond acceptors (Lipinski definition) is 3. The Morgan fingerprint density at radius 1 is 1.42 bits per heavy atom. The van der Waals surface area contributed by atoms with Crippen molar-refractivity contribution < 1.29 is 13.9 Å². The summed E-state index contributed by atoms with van der Waals surface area (Å²) in [6.07, 6.45) is 0. The van der Waals surface area contributed by atoms with Crippen LogP contribution in [0.4, 0.5) is 4.39 Å². The molecule has 3 nitrogen and oxygen atoms in total. The number of carbonyl (C=O) groups excluding carboxylic acids is 1. The fourth-order valence-electron chi connectivity index (χ4n) is 1.73. The van der Waals surface area contributed by atoms with Crippen molar-refractivity contribution in [2.24, 2.45) is 0 Å². The molecular formula is C14H19BrFNO2. The quantitative estimate of drug-likeness (QED) is 0.748. The number of ether oxygens (including phenoxy) is 1. The van der Waals surface area contributed by atoms with E-state index in [0.717, 1.165) is 5.56 Å². The number of rotatable bonds is 6. The highest BCUT2D eigenvalue weighted by Gasteiger charge is 2.15. The van der Waals surface area contributed by atoms with Crippen LogP contribution in [0, 0.1) is 5.82 Å². The maximum absolute atomic E-state index is 13.3. The summed E-state index contributed by atoms with van der Waals surface area (Å²) in [6, 6.07) is 4.91. The van der Waals surface area contributed by atoms with Crippen LogP contribution in [0.5, 0.6) is 0 Å². The van der Waals surface area contributed by atoms with Crippen molar-refractivity contribution in [3.63, 3.8) is 0 Å². The molecule has 0 aliphatic rings. The maximum atomic E-state index is 13.3. The molecule has 0 atom stereocenters. The van der Waals surface area contributed by atoms with Crippen LogP contribution in [0.1, 0.15) is 26.3 Å². The van der Waals surface area contributed by atoms with Gasteiger partial charge in [0.2, 0.25) is 0 Å². The summed E-state index contributed by atoms with van der Waals surface area (Å²) in [7, 11) is 0. The Kier molecular flexibility index (Phi) is 6.45. The summed E-state index contributed by atoms with van der Waals surface area (Å²) >= 11 is 3.27. The number of halogens is 2. The second-order valence-electron chi connectivity index (χ2n) is 4.58. The maximum Gasteiger partial charge on any atom is 0.320 e. The van der Waals surface area contributed by atoms with E-state index in [1.807, 2.05) is 24.8 Å². The van der Waals surface area contributed by atoms with Crippen molar-refractivity contribution in [3.05, 3.63) is 34.1 Å². The molecule has 0 saturated heterocycles. The van der Waals surface area contributed by atoms with Gasteiger partial charge in [0, 0.05) is 17.1 Å². The van der Waals surface area contributed by atoms with E-state index in [-0.39, 0.29) is 24.4 Å². The summed E-state index contributed by atoms with van der Waals surface area (Å²) in [6.45, 7) is 6.85. The zero-order valence-corrected chi connectivity index (χ0v) is 13.0. The Labute approximate surface area is 121 Å². The summed E-state index contributed by atoms with van der Waals surface area (Å²) in [5, 5.41) is 0. The molecule has 0 heterocycles. The molecule has 0 bridgehead atoms. The summed E-state index contributed by atoms with van der Waals surface area (Å²) in [4.78, 5) is 13.5. The number of esters is 1. The van der Waals surface area contributed by atoms with Crippen molar-refractivity contribution in [2.75, 3.05) is 13.2 Å². The molecule has 0 fully saturated rings. The number of nitrogens with zero attached hydrogens (tertiary/aromatic N) is 1. The van der Waals surface area contributed by atoms with Crippen molar-refractivity contribution in [2.45, 2.75) is 33.4 Å². The summed E-state index contributed by atoms with van der Waals surface area (Å²) in [5.41, 5.74) is 0.824. The molecule has 0 amide bonds. The Morgan fingerprint density at radius 3 is 2.63 bits per heavy atom. The molecule has 0 unspecified atom stereocenters. The van der Waals surface area contributed by atoms with Gasteiger partial charge in [0.05, 0.1) is 13.2 Å². The van der Waals surface area contributed by atoms with Gasteiger partial charge in [-0.05, 0) is 44.5 Å². The summed E-state index contributed by atoms with van der Waals surface area (Å²) < 4.78 is 19.0. The van der Waals surface area contributed by atoms with Crippen molar-refractivity contribution >= 4 is 21.9 Å². The molecule has 1 aromatic carbocycles. The Hall–Kier alpha value is -0.940. The average molecular weight is 332 g/mol. The van der Waals surface area contributed by atoms with Gasteiger partial charge in [-0.3, -0.25) is 9.69 Å². The molecule has 0 spiro atoms. The first kappa shape index (κ1) is 16.1. The third kappa shape index (κ3) is 5.70. The molecule has 0 aliphatic heterocycles. The molecule has 19 heavy (non-hydrogen) atoms. The van der Waals surface area contributed by atoms with E-state index in [4.69, 9.17) is 4.74 Å². The molecule has 106 valence electrons. The monoisotopic (exact) mass is 331 g/mol. The predicted molar refractivity (Wildman–Crippen MR) is 76.3 cm³/mol. The molecular weight excluding hydrogens is 313 g/mol. The third-order valence-electron chi connectivity index (χ3n) is 2.68. The van der Waals surface area contributed by atoms with Gasteiger partial charge in [-0.2, -0.15) is 0 Å². The van der Waals surface area contributed by atoms with E-state index in [0.29, 0.717) is 17.6 Å². The summed E-state index contributed by atoms with van der Waals surface area (Å²) in [5.74, 6) is -0.545. The van der Waals surface area contributed by atoms with Gasteiger partial charge in [-0.1, -0.05) is 15.9 Å². The van der Waals surface area contributed by atoms with Crippen molar-refractivity contribution in [1.82, 2.24) is 4.90 Å². The minimum Gasteiger partial charge on any atom is -0.465 e. The minimum atomic E-state index is -0.288. The van der Waals surface area contributed by atoms with Gasteiger partial charge in [0.25, 0.3) is 0 Å². The smallest absolute Gasteiger partial charge is 0.320 e. The van der Waals surface area contributed by atoms with Gasteiger partial charge in [0.1, 0.15) is 5.82 Å². The fourth-order valence-corrected chi connectivity index (χ4v) is 2.24. The second kappa shape index (κ2) is 7.60. The number of benzene rings is 1. The van der Waals surface area contributed by atoms with E-state index in [2.05, 4.69) is 15.9 Å². The van der Waals surface area contributed by atoms with Gasteiger partial charge in [0.15, 0.2) is 0 Å². The predicted octanol–water partition coefficient (Wildman–Crippen LogP) is 3.36. The Bertz CT molecular complexity index is 417. The lowest BCUT2D eigenvalue weighted by Crippen LogP contribution is -2.36. The van der Waals surface area contributed by atoms with Crippen LogP contribution in [-0.4, -0.2) is 30.1 Å². The zero-order valence-electron chi connectivity index (χ0n) is 11.5. The molecule has 0 aliphatic carbocycles. The van der Waals surface area contributed by atoms with Gasteiger partial charge in [-0.15, -0.1) is 0 Å². The first-order chi connectivity index (χ1) is 8.92. The average Bonchev–Trinajstić information content (AvgIpc) is 2.26. The number of hydrogen-bond donors (Lipinski definition) is 0. The second-order valence-corrected chi connectivity index (χ2v) is 5.50. The van der Waals surface area contributed by atoms with E-state index in [9.17, 15) is 9.18 Å². The normalized spacial score (nSPS) is 11.1. The van der Waals surface area contributed by atoms with Crippen LogP contribution in [0.3, 0.4) is 0 Å². The Balaban J connectivity index is 2.75. The van der Waals surface area contributed by atoms with Crippen LogP contribution in [0.15, 0.2) is 22.7 Å².